The molecule has 1 saturated heterocycles. The van der Waals surface area contributed by atoms with Gasteiger partial charge in [0, 0.05) is 53.3 Å². The van der Waals surface area contributed by atoms with Crippen molar-refractivity contribution < 1.29 is 14.0 Å². The van der Waals surface area contributed by atoms with E-state index >= 15 is 0 Å². The molecule has 0 spiro atoms. The van der Waals surface area contributed by atoms with Crippen LogP contribution in [0.5, 0.6) is 0 Å². The normalized spacial score (nSPS) is 17.5. The van der Waals surface area contributed by atoms with Crippen molar-refractivity contribution in [3.8, 4) is 0 Å². The number of carbonyl (C=O) groups is 2. The molecule has 0 radical (unpaired) electrons. The van der Waals surface area contributed by atoms with Gasteiger partial charge in [-0.3, -0.25) is 14.4 Å². The Morgan fingerprint density at radius 3 is 2.37 bits per heavy atom. The van der Waals surface area contributed by atoms with Gasteiger partial charge in [-0.25, -0.2) is 4.39 Å². The van der Waals surface area contributed by atoms with Gasteiger partial charge < -0.3 is 20.1 Å². The number of pyridine rings is 1. The third kappa shape index (κ3) is 5.50. The van der Waals surface area contributed by atoms with Gasteiger partial charge in [-0.1, -0.05) is 18.2 Å². The Morgan fingerprint density at radius 1 is 0.829 bits per heavy atom. The molecule has 1 aromatic heterocycles. The number of carbonyl (C=O) groups excluding carboxylic acids is 2. The smallest absolute Gasteiger partial charge is 0.255 e. The van der Waals surface area contributed by atoms with Gasteiger partial charge in [0.05, 0.1) is 17.1 Å². The van der Waals surface area contributed by atoms with Crippen molar-refractivity contribution in [1.82, 2.24) is 4.57 Å². The highest BCUT2D eigenvalue weighted by atomic mass is 32.2. The van der Waals surface area contributed by atoms with Gasteiger partial charge in [-0.05, 0) is 79.3 Å². The first kappa shape index (κ1) is 26.8. The molecule has 3 aromatic carbocycles. The number of anilines is 3. The lowest BCUT2D eigenvalue weighted by molar-refractivity contribution is 0.101. The number of amides is 2. The van der Waals surface area contributed by atoms with E-state index in [4.69, 9.17) is 0 Å². The molecule has 4 aromatic rings. The van der Waals surface area contributed by atoms with Crippen LogP contribution in [0.15, 0.2) is 94.6 Å². The van der Waals surface area contributed by atoms with Crippen molar-refractivity contribution in [1.29, 1.82) is 0 Å². The maximum Gasteiger partial charge on any atom is 0.255 e. The van der Waals surface area contributed by atoms with E-state index in [0.717, 1.165) is 22.7 Å². The molecule has 1 fully saturated rings. The van der Waals surface area contributed by atoms with Crippen LogP contribution in [0.1, 0.15) is 38.7 Å². The molecular weight excluding hydrogens is 539 g/mol. The Labute approximate surface area is 241 Å². The highest BCUT2D eigenvalue weighted by Crippen LogP contribution is 2.39. The molecule has 2 aliphatic rings. The lowest BCUT2D eigenvalue weighted by Crippen LogP contribution is -2.47. The molecule has 9 heteroatoms. The average Bonchev–Trinajstić information content (AvgIpc) is 2.98. The van der Waals surface area contributed by atoms with Crippen LogP contribution in [0.2, 0.25) is 0 Å². The Bertz CT molecular complexity index is 1690. The van der Waals surface area contributed by atoms with Gasteiger partial charge >= 0.3 is 0 Å². The Hall–Kier alpha value is -4.37. The fraction of sp³-hybridized carbons (Fsp3) is 0.219. The molecular formula is C32H29FN4O3S. The summed E-state index contributed by atoms with van der Waals surface area (Å²) < 4.78 is 15.4. The minimum absolute atomic E-state index is 0.0244. The maximum absolute atomic E-state index is 13.5. The van der Waals surface area contributed by atoms with Crippen molar-refractivity contribution >= 4 is 40.6 Å². The first-order valence-electron chi connectivity index (χ1n) is 13.5. The summed E-state index contributed by atoms with van der Waals surface area (Å²) in [6, 6.07) is 23.7. The lowest BCUT2D eigenvalue weighted by atomic mass is 9.83. The van der Waals surface area contributed by atoms with E-state index in [0.29, 0.717) is 42.1 Å². The van der Waals surface area contributed by atoms with Gasteiger partial charge in [0.1, 0.15) is 5.82 Å². The second kappa shape index (κ2) is 11.2. The van der Waals surface area contributed by atoms with Crippen LogP contribution in [0.3, 0.4) is 0 Å². The standard InChI is InChI=1S/C32H29FN4O3S/c1-41-29-7-3-2-5-25(29)34-32(40)22-11-14-28(26(16-22)35-31(39)21-9-12-24(33)13-10-21)36-17-20-15-23(19-36)27-6-4-8-30(38)37(27)18-20/h2-14,16,20,23H,15,17-19H2,1H3,(H,34,40)(H,35,39). The molecule has 2 N–H and O–H groups in total. The van der Waals surface area contributed by atoms with Crippen LogP contribution in [0, 0.1) is 11.7 Å². The molecule has 2 bridgehead atoms. The maximum atomic E-state index is 13.5. The second-order valence-corrected chi connectivity index (χ2v) is 11.3. The molecule has 6 rings (SSSR count). The summed E-state index contributed by atoms with van der Waals surface area (Å²) in [6.45, 7) is 2.03. The van der Waals surface area contributed by atoms with Gasteiger partial charge in [0.25, 0.3) is 17.4 Å². The summed E-state index contributed by atoms with van der Waals surface area (Å²) in [7, 11) is 0. The summed E-state index contributed by atoms with van der Waals surface area (Å²) in [6.07, 6.45) is 2.94. The zero-order valence-corrected chi connectivity index (χ0v) is 23.3. The summed E-state index contributed by atoms with van der Waals surface area (Å²) in [5, 5.41) is 5.96. The Balaban J connectivity index is 1.33. The highest BCUT2D eigenvalue weighted by Gasteiger charge is 2.35. The summed E-state index contributed by atoms with van der Waals surface area (Å²) >= 11 is 1.54. The number of para-hydroxylation sites is 1. The number of hydrogen-bond donors (Lipinski definition) is 2. The van der Waals surface area contributed by atoms with Crippen molar-refractivity contribution in [2.45, 2.75) is 23.8 Å². The molecule has 208 valence electrons. The lowest BCUT2D eigenvalue weighted by Gasteiger charge is -2.44. The molecule has 2 amide bonds. The Morgan fingerprint density at radius 2 is 1.56 bits per heavy atom. The minimum atomic E-state index is -0.425. The summed E-state index contributed by atoms with van der Waals surface area (Å²) in [4.78, 5) is 42.2. The number of aromatic nitrogens is 1. The van der Waals surface area contributed by atoms with Crippen LogP contribution in [-0.2, 0) is 6.54 Å². The molecule has 2 aliphatic heterocycles. The Kier molecular flexibility index (Phi) is 7.36. The van der Waals surface area contributed by atoms with Gasteiger partial charge in [0.15, 0.2) is 0 Å². The van der Waals surface area contributed by atoms with E-state index in [9.17, 15) is 18.8 Å². The molecule has 3 heterocycles. The molecule has 0 aliphatic carbocycles. The number of rotatable bonds is 6. The van der Waals surface area contributed by atoms with E-state index in [1.165, 1.54) is 24.3 Å². The SMILES string of the molecule is CSc1ccccc1NC(=O)c1ccc(N2CC3CC(C2)c2cccc(=O)n2C3)c(NC(=O)c2ccc(F)cc2)c1. The molecule has 0 saturated carbocycles. The summed E-state index contributed by atoms with van der Waals surface area (Å²) in [5.74, 6) is -0.674. The predicted octanol–water partition coefficient (Wildman–Crippen LogP) is 5.84. The molecule has 41 heavy (non-hydrogen) atoms. The van der Waals surface area contributed by atoms with E-state index in [1.54, 1.807) is 30.0 Å². The number of benzene rings is 3. The largest absolute Gasteiger partial charge is 0.369 e. The zero-order chi connectivity index (χ0) is 28.5. The number of hydrogen-bond acceptors (Lipinski definition) is 5. The molecule has 2 atom stereocenters. The van der Waals surface area contributed by atoms with E-state index in [2.05, 4.69) is 15.5 Å². The van der Waals surface area contributed by atoms with E-state index < -0.39 is 11.7 Å². The van der Waals surface area contributed by atoms with Crippen molar-refractivity contribution in [3.05, 3.63) is 118 Å². The minimum Gasteiger partial charge on any atom is -0.369 e. The van der Waals surface area contributed by atoms with E-state index in [-0.39, 0.29) is 23.3 Å². The highest BCUT2D eigenvalue weighted by molar-refractivity contribution is 7.98. The van der Waals surface area contributed by atoms with Crippen LogP contribution in [0.25, 0.3) is 0 Å². The molecule has 7 nitrogen and oxygen atoms in total. The number of fused-ring (bicyclic) bond motifs is 4. The third-order valence-electron chi connectivity index (χ3n) is 7.79. The second-order valence-electron chi connectivity index (χ2n) is 10.5. The first-order valence-corrected chi connectivity index (χ1v) is 14.7. The first-order chi connectivity index (χ1) is 19.9. The number of halogens is 1. The van der Waals surface area contributed by atoms with Crippen molar-refractivity contribution in [2.24, 2.45) is 5.92 Å². The van der Waals surface area contributed by atoms with Crippen LogP contribution in [0.4, 0.5) is 21.5 Å². The summed E-state index contributed by atoms with van der Waals surface area (Å²) in [5.41, 5.74) is 3.76. The topological polar surface area (TPSA) is 83.4 Å². The molecule has 2 unspecified atom stereocenters. The fourth-order valence-electron chi connectivity index (χ4n) is 5.88. The quantitative estimate of drug-likeness (QED) is 0.286. The van der Waals surface area contributed by atoms with Crippen molar-refractivity contribution in [2.75, 3.05) is 34.9 Å². The number of piperidine rings is 1. The van der Waals surface area contributed by atoms with Gasteiger partial charge in [-0.2, -0.15) is 0 Å². The number of nitrogens with zero attached hydrogens (tertiary/aromatic N) is 2. The van der Waals surface area contributed by atoms with Crippen molar-refractivity contribution in [3.63, 3.8) is 0 Å². The number of thioether (sulfide) groups is 1. The van der Waals surface area contributed by atoms with Crippen LogP contribution in [-0.4, -0.2) is 35.7 Å². The van der Waals surface area contributed by atoms with Gasteiger partial charge in [0.2, 0.25) is 0 Å². The fourth-order valence-corrected chi connectivity index (χ4v) is 6.44. The third-order valence-corrected chi connectivity index (χ3v) is 8.58. The average molecular weight is 569 g/mol. The van der Waals surface area contributed by atoms with Crippen LogP contribution >= 0.6 is 11.8 Å². The van der Waals surface area contributed by atoms with E-state index in [1.807, 2.05) is 53.3 Å². The predicted molar refractivity (Wildman–Crippen MR) is 161 cm³/mol. The monoisotopic (exact) mass is 568 g/mol. The zero-order valence-electron chi connectivity index (χ0n) is 22.5. The van der Waals surface area contributed by atoms with Gasteiger partial charge in [-0.15, -0.1) is 11.8 Å². The number of nitrogens with one attached hydrogen (secondary N) is 2. The van der Waals surface area contributed by atoms with Crippen LogP contribution < -0.4 is 21.1 Å².